The number of sulfonamides is 1. The molecular formula is C28H32FN3O4S. The lowest BCUT2D eigenvalue weighted by molar-refractivity contribution is -0.139. The Labute approximate surface area is 218 Å². The second-order valence-electron chi connectivity index (χ2n) is 9.02. The summed E-state index contributed by atoms with van der Waals surface area (Å²) in [6, 6.07) is 16.7. The Balaban J connectivity index is 2.09. The van der Waals surface area contributed by atoms with Crippen molar-refractivity contribution in [3.8, 4) is 0 Å². The Bertz CT molecular complexity index is 1390. The molecule has 9 heteroatoms. The molecule has 0 bridgehead atoms. The fourth-order valence-corrected chi connectivity index (χ4v) is 5.41. The van der Waals surface area contributed by atoms with Crippen LogP contribution in [0.3, 0.4) is 0 Å². The molecule has 1 atom stereocenters. The molecule has 0 radical (unpaired) electrons. The van der Waals surface area contributed by atoms with Crippen LogP contribution in [0.4, 0.5) is 10.1 Å². The second-order valence-corrected chi connectivity index (χ2v) is 10.9. The molecule has 0 saturated heterocycles. The first-order valence-corrected chi connectivity index (χ1v) is 13.3. The van der Waals surface area contributed by atoms with Gasteiger partial charge >= 0.3 is 0 Å². The van der Waals surface area contributed by atoms with E-state index in [1.165, 1.54) is 49.2 Å². The van der Waals surface area contributed by atoms with Gasteiger partial charge in [-0.1, -0.05) is 48.0 Å². The molecule has 3 aromatic carbocycles. The summed E-state index contributed by atoms with van der Waals surface area (Å²) in [5, 5.41) is 2.51. The van der Waals surface area contributed by atoms with E-state index in [4.69, 9.17) is 0 Å². The molecule has 3 aromatic rings. The highest BCUT2D eigenvalue weighted by atomic mass is 32.2. The lowest BCUT2D eigenvalue weighted by atomic mass is 10.1. The topological polar surface area (TPSA) is 86.8 Å². The van der Waals surface area contributed by atoms with Gasteiger partial charge in [-0.15, -0.1) is 0 Å². The van der Waals surface area contributed by atoms with Crippen molar-refractivity contribution in [3.05, 3.63) is 94.8 Å². The number of aryl methyl sites for hydroxylation is 3. The zero-order valence-corrected chi connectivity index (χ0v) is 22.5. The van der Waals surface area contributed by atoms with Gasteiger partial charge in [0.1, 0.15) is 18.4 Å². The largest absolute Gasteiger partial charge is 0.357 e. The number of amides is 2. The molecule has 0 spiro atoms. The number of rotatable bonds is 9. The molecule has 1 N–H and O–H groups in total. The van der Waals surface area contributed by atoms with Gasteiger partial charge in [0.15, 0.2) is 0 Å². The van der Waals surface area contributed by atoms with Crippen molar-refractivity contribution in [2.45, 2.75) is 45.2 Å². The predicted molar refractivity (Wildman–Crippen MR) is 142 cm³/mol. The summed E-state index contributed by atoms with van der Waals surface area (Å²) in [4.78, 5) is 27.5. The minimum absolute atomic E-state index is 0.0341. The number of hydrogen-bond donors (Lipinski definition) is 1. The molecular weight excluding hydrogens is 493 g/mol. The second kappa shape index (κ2) is 11.6. The van der Waals surface area contributed by atoms with Crippen LogP contribution in [0, 0.1) is 26.6 Å². The molecule has 0 aromatic heterocycles. The van der Waals surface area contributed by atoms with Crippen LogP contribution in [0.15, 0.2) is 71.6 Å². The summed E-state index contributed by atoms with van der Waals surface area (Å²) < 4.78 is 43.3. The van der Waals surface area contributed by atoms with Gasteiger partial charge in [0.05, 0.1) is 10.6 Å². The van der Waals surface area contributed by atoms with Crippen molar-refractivity contribution >= 4 is 27.5 Å². The molecule has 2 amide bonds. The summed E-state index contributed by atoms with van der Waals surface area (Å²) in [6.07, 6.45) is 0. The summed E-state index contributed by atoms with van der Waals surface area (Å²) in [7, 11) is -2.72. The maximum atomic E-state index is 14.5. The van der Waals surface area contributed by atoms with E-state index in [0.29, 0.717) is 11.3 Å². The predicted octanol–water partition coefficient (Wildman–Crippen LogP) is 4.11. The highest BCUT2D eigenvalue weighted by Gasteiger charge is 2.33. The minimum Gasteiger partial charge on any atom is -0.357 e. The lowest BCUT2D eigenvalue weighted by Gasteiger charge is -2.32. The number of likely N-dealkylation sites (N-methyl/N-ethyl adjacent to an activating group) is 1. The highest BCUT2D eigenvalue weighted by Crippen LogP contribution is 2.28. The number of anilines is 1. The summed E-state index contributed by atoms with van der Waals surface area (Å²) in [6.45, 7) is 6.19. The smallest absolute Gasteiger partial charge is 0.264 e. The van der Waals surface area contributed by atoms with Crippen LogP contribution in [-0.4, -0.2) is 44.8 Å². The van der Waals surface area contributed by atoms with Crippen molar-refractivity contribution in [1.29, 1.82) is 0 Å². The molecule has 0 saturated carbocycles. The number of nitrogens with zero attached hydrogens (tertiary/aromatic N) is 2. The van der Waals surface area contributed by atoms with Gasteiger partial charge in [0.2, 0.25) is 11.8 Å². The van der Waals surface area contributed by atoms with E-state index in [0.717, 1.165) is 15.4 Å². The van der Waals surface area contributed by atoms with E-state index >= 15 is 0 Å². The average molecular weight is 526 g/mol. The van der Waals surface area contributed by atoms with E-state index in [1.54, 1.807) is 37.3 Å². The third-order valence-electron chi connectivity index (χ3n) is 6.23. The zero-order valence-electron chi connectivity index (χ0n) is 21.7. The van der Waals surface area contributed by atoms with Gasteiger partial charge in [-0.05, 0) is 63.1 Å². The molecule has 0 aliphatic rings. The van der Waals surface area contributed by atoms with Crippen molar-refractivity contribution < 1.29 is 22.4 Å². The van der Waals surface area contributed by atoms with Gasteiger partial charge in [0.25, 0.3) is 10.0 Å². The third kappa shape index (κ3) is 6.35. The number of carbonyl (C=O) groups excluding carboxylic acids is 2. The number of nitrogens with one attached hydrogen (secondary N) is 1. The first-order chi connectivity index (χ1) is 17.4. The SMILES string of the molecule is CNC(=O)[C@@H](C)N(Cc1ccccc1F)C(=O)CN(c1cc(C)ccc1C)S(=O)(=O)c1ccc(C)cc1. The van der Waals surface area contributed by atoms with Crippen molar-refractivity contribution in [1.82, 2.24) is 10.2 Å². The maximum Gasteiger partial charge on any atom is 0.264 e. The zero-order chi connectivity index (χ0) is 27.3. The Kier molecular flexibility index (Phi) is 8.70. The summed E-state index contributed by atoms with van der Waals surface area (Å²) in [5.41, 5.74) is 2.94. The minimum atomic E-state index is -4.16. The molecule has 0 aliphatic heterocycles. The number of carbonyl (C=O) groups is 2. The van der Waals surface area contributed by atoms with Crippen LogP contribution in [0.2, 0.25) is 0 Å². The van der Waals surface area contributed by atoms with Gasteiger partial charge in [0, 0.05) is 19.2 Å². The lowest BCUT2D eigenvalue weighted by Crippen LogP contribution is -2.51. The van der Waals surface area contributed by atoms with Crippen LogP contribution < -0.4 is 9.62 Å². The van der Waals surface area contributed by atoms with E-state index in [1.807, 2.05) is 19.9 Å². The van der Waals surface area contributed by atoms with E-state index in [2.05, 4.69) is 5.32 Å². The number of halogens is 1. The van der Waals surface area contributed by atoms with Gasteiger partial charge in [-0.25, -0.2) is 12.8 Å². The Morgan fingerprint density at radius 2 is 1.57 bits per heavy atom. The number of hydrogen-bond acceptors (Lipinski definition) is 4. The normalized spacial score (nSPS) is 12.1. The molecule has 37 heavy (non-hydrogen) atoms. The van der Waals surface area contributed by atoms with Crippen molar-refractivity contribution in [3.63, 3.8) is 0 Å². The number of benzene rings is 3. The van der Waals surface area contributed by atoms with Crippen molar-refractivity contribution in [2.75, 3.05) is 17.9 Å². The van der Waals surface area contributed by atoms with E-state index in [-0.39, 0.29) is 17.0 Å². The fraction of sp³-hybridized carbons (Fsp3) is 0.286. The van der Waals surface area contributed by atoms with E-state index < -0.39 is 40.2 Å². The fourth-order valence-electron chi connectivity index (χ4n) is 3.94. The summed E-state index contributed by atoms with van der Waals surface area (Å²) in [5.74, 6) is -1.62. The molecule has 7 nitrogen and oxygen atoms in total. The molecule has 0 heterocycles. The van der Waals surface area contributed by atoms with Crippen LogP contribution in [0.25, 0.3) is 0 Å². The monoisotopic (exact) mass is 525 g/mol. The molecule has 3 rings (SSSR count). The molecule has 0 unspecified atom stereocenters. The summed E-state index contributed by atoms with van der Waals surface area (Å²) >= 11 is 0. The highest BCUT2D eigenvalue weighted by molar-refractivity contribution is 7.92. The Hall–Kier alpha value is -3.72. The first kappa shape index (κ1) is 27.9. The van der Waals surface area contributed by atoms with Crippen LogP contribution in [0.5, 0.6) is 0 Å². The first-order valence-electron chi connectivity index (χ1n) is 11.9. The van der Waals surface area contributed by atoms with Gasteiger partial charge in [-0.3, -0.25) is 13.9 Å². The Morgan fingerprint density at radius 3 is 2.19 bits per heavy atom. The quantitative estimate of drug-likeness (QED) is 0.456. The maximum absolute atomic E-state index is 14.5. The van der Waals surface area contributed by atoms with Crippen molar-refractivity contribution in [2.24, 2.45) is 0 Å². The van der Waals surface area contributed by atoms with E-state index in [9.17, 15) is 22.4 Å². The Morgan fingerprint density at radius 1 is 0.946 bits per heavy atom. The molecule has 0 aliphatic carbocycles. The third-order valence-corrected chi connectivity index (χ3v) is 8.01. The van der Waals surface area contributed by atoms with Crippen LogP contribution in [0.1, 0.15) is 29.2 Å². The average Bonchev–Trinajstić information content (AvgIpc) is 2.87. The molecule has 196 valence electrons. The van der Waals surface area contributed by atoms with Gasteiger partial charge < -0.3 is 10.2 Å². The van der Waals surface area contributed by atoms with Gasteiger partial charge in [-0.2, -0.15) is 0 Å². The van der Waals surface area contributed by atoms with Crippen LogP contribution in [-0.2, 0) is 26.2 Å². The van der Waals surface area contributed by atoms with Crippen LogP contribution >= 0.6 is 0 Å². The molecule has 0 fully saturated rings. The standard InChI is InChI=1S/C28H32FN3O4S/c1-19-11-14-24(15-12-19)37(35,36)32(26-16-20(2)10-13-21(26)3)18-27(33)31(22(4)28(34)30-5)17-23-8-6-7-9-25(23)29/h6-16,22H,17-18H2,1-5H3,(H,30,34)/t22-/m1/s1.